The fourth-order valence-corrected chi connectivity index (χ4v) is 7.26. The van der Waals surface area contributed by atoms with Gasteiger partial charge in [0.05, 0.1) is 24.5 Å². The lowest BCUT2D eigenvalue weighted by Crippen LogP contribution is -2.32. The van der Waals surface area contributed by atoms with E-state index in [1.807, 2.05) is 98.8 Å². The summed E-state index contributed by atoms with van der Waals surface area (Å²) in [6.07, 6.45) is 10.2. The van der Waals surface area contributed by atoms with Gasteiger partial charge in [0.25, 0.3) is 0 Å². The van der Waals surface area contributed by atoms with Crippen LogP contribution < -0.4 is 18.9 Å². The first-order valence-electron chi connectivity index (χ1n) is 23.8. The summed E-state index contributed by atoms with van der Waals surface area (Å²) in [5.41, 5.74) is 5.37. The Morgan fingerprint density at radius 2 is 1.15 bits per heavy atom. The highest BCUT2D eigenvalue weighted by Crippen LogP contribution is 2.34. The van der Waals surface area contributed by atoms with Crippen LogP contribution in [-0.2, 0) is 25.8 Å². The molecule has 19 nitrogen and oxygen atoms in total. The van der Waals surface area contributed by atoms with E-state index in [4.69, 9.17) is 28.4 Å². The van der Waals surface area contributed by atoms with Crippen molar-refractivity contribution < 1.29 is 43.1 Å². The molecule has 0 amide bonds. The fourth-order valence-electron chi connectivity index (χ4n) is 6.64. The van der Waals surface area contributed by atoms with Crippen molar-refractivity contribution >= 4 is 22.0 Å². The summed E-state index contributed by atoms with van der Waals surface area (Å²) in [5.74, 6) is 2.52. The van der Waals surface area contributed by atoms with Crippen LogP contribution >= 0.6 is 10.0 Å². The van der Waals surface area contributed by atoms with Crippen molar-refractivity contribution in [2.75, 3.05) is 51.5 Å². The third-order valence-corrected chi connectivity index (χ3v) is 12.6. The molecule has 0 aliphatic carbocycles. The number of methoxy groups -OCH3 is 1. The van der Waals surface area contributed by atoms with Gasteiger partial charge in [-0.3, -0.25) is 14.7 Å². The van der Waals surface area contributed by atoms with Crippen LogP contribution in [-0.4, -0.2) is 118 Å². The van der Waals surface area contributed by atoms with Crippen molar-refractivity contribution in [2.24, 2.45) is 10.8 Å². The molecule has 392 valence electrons. The Hall–Kier alpha value is -8.23. The number of carboxylic acid groups (broad SMARTS) is 1. The summed E-state index contributed by atoms with van der Waals surface area (Å²) in [6, 6.07) is 34.5. The Balaban J connectivity index is 0.000000225. The number of nitrogens with one attached hydrogen (secondary N) is 1. The Labute approximate surface area is 437 Å². The van der Waals surface area contributed by atoms with Crippen LogP contribution in [0.3, 0.4) is 0 Å². The summed E-state index contributed by atoms with van der Waals surface area (Å²) in [7, 11) is 0.703. The minimum atomic E-state index is -0.988. The van der Waals surface area contributed by atoms with E-state index in [1.54, 1.807) is 69.0 Å². The molecule has 20 heteroatoms. The van der Waals surface area contributed by atoms with Crippen molar-refractivity contribution in [1.29, 1.82) is 0 Å². The second-order valence-corrected chi connectivity index (χ2v) is 24.1. The minimum absolute atomic E-state index is 0.0339. The van der Waals surface area contributed by atoms with Crippen LogP contribution in [0.25, 0.3) is 45.0 Å². The van der Waals surface area contributed by atoms with Crippen LogP contribution in [0, 0.1) is 24.7 Å². The first-order chi connectivity index (χ1) is 35.7. The molecule has 0 bridgehead atoms. The van der Waals surface area contributed by atoms with Gasteiger partial charge in [-0.05, 0) is 95.7 Å². The lowest BCUT2D eigenvalue weighted by atomic mass is 9.95. The summed E-state index contributed by atoms with van der Waals surface area (Å²) < 4.78 is 35.2. The maximum atomic E-state index is 11.9. The number of ether oxygens (including phenoxy) is 6. The summed E-state index contributed by atoms with van der Waals surface area (Å²) in [4.78, 5) is 49.5. The first kappa shape index (κ1) is 54.5. The van der Waals surface area contributed by atoms with Crippen LogP contribution in [0.2, 0.25) is 0 Å². The van der Waals surface area contributed by atoms with Gasteiger partial charge in [-0.15, -0.1) is 10.2 Å². The maximum Gasteiger partial charge on any atom is 0.342 e. The molecular formula is C55H62N10O9S. The number of carboxylic acids is 1. The van der Waals surface area contributed by atoms with Gasteiger partial charge in [-0.2, -0.15) is 14.6 Å². The molecule has 6 heterocycles. The van der Waals surface area contributed by atoms with Crippen LogP contribution in [0.5, 0.6) is 35.5 Å². The summed E-state index contributed by atoms with van der Waals surface area (Å²) in [5, 5.41) is 20.8. The van der Waals surface area contributed by atoms with Crippen LogP contribution in [0.1, 0.15) is 39.1 Å². The number of H-pyrrole nitrogens is 1. The van der Waals surface area contributed by atoms with Gasteiger partial charge in [0.15, 0.2) is 11.6 Å². The van der Waals surface area contributed by atoms with E-state index < -0.39 is 26.8 Å². The Morgan fingerprint density at radius 1 is 0.627 bits per heavy atom. The molecule has 2 N–H and O–H groups in total. The number of aliphatic carboxylic acids is 1. The molecule has 0 fully saturated rings. The second kappa shape index (κ2) is 24.2. The number of hydrogen-bond acceptors (Lipinski definition) is 16. The van der Waals surface area contributed by atoms with Gasteiger partial charge >= 0.3 is 24.0 Å². The molecule has 0 atom stereocenters. The molecule has 0 aliphatic heterocycles. The molecular weight excluding hydrogens is 977 g/mol. The van der Waals surface area contributed by atoms with Gasteiger partial charge in [-0.25, -0.2) is 30.0 Å². The number of hydrogen-bond donors (Lipinski definition) is 2. The zero-order valence-corrected chi connectivity index (χ0v) is 44.5. The molecule has 0 spiro atoms. The molecule has 8 aromatic rings. The van der Waals surface area contributed by atoms with Crippen molar-refractivity contribution in [3.63, 3.8) is 0 Å². The average molecular weight is 1040 g/mol. The lowest BCUT2D eigenvalue weighted by molar-refractivity contribution is -0.152. The number of aromatic amines is 1. The predicted octanol–water partition coefficient (Wildman–Crippen LogP) is 10.3. The van der Waals surface area contributed by atoms with E-state index >= 15 is 0 Å². The highest BCUT2D eigenvalue weighted by Gasteiger charge is 2.30. The monoisotopic (exact) mass is 1040 g/mol. The normalized spacial score (nSPS) is 11.8. The topological polar surface area (TPSA) is 234 Å². The second-order valence-electron chi connectivity index (χ2n) is 19.5. The molecule has 0 saturated carbocycles. The molecule has 2 aromatic carbocycles. The third-order valence-electron chi connectivity index (χ3n) is 11.2. The average Bonchev–Trinajstić information content (AvgIpc) is 4.03. The molecule has 75 heavy (non-hydrogen) atoms. The number of aryl methyl sites for hydroxylation is 2. The van der Waals surface area contributed by atoms with Gasteiger partial charge in [0.1, 0.15) is 19.9 Å². The van der Waals surface area contributed by atoms with Crippen LogP contribution in [0.4, 0.5) is 0 Å². The largest absolute Gasteiger partial charge is 0.481 e. The van der Waals surface area contributed by atoms with Gasteiger partial charge in [0.2, 0.25) is 23.5 Å². The number of aromatic nitrogens is 10. The standard InChI is InChI=1S/C31H39N5O5S.C24H23N5O4/c1-22-9-8-10-27(33-22)41-30-34-28(35-36(30)21-39-17-18-42(5,6)7)24-13-11-23(12-14-24)25-15-16-26(32-19-25)40-20-31(2,3)29(37)38-4;1-15-5-4-6-20(26-15)33-23-27-21(28-29-23)17-9-7-16(8-10-17)18-11-12-19(25-13-18)32-14-24(2,3)22(30)31/h8-16,19H,17-18,20-21H2,1-7H3;4-13H,14H2,1-3H3,(H,30,31)(H,27,28,29). The van der Waals surface area contributed by atoms with Gasteiger partial charge in [0, 0.05) is 76.1 Å². The zero-order valence-electron chi connectivity index (χ0n) is 43.7. The third kappa shape index (κ3) is 15.6. The van der Waals surface area contributed by atoms with Crippen LogP contribution in [0.15, 0.2) is 122 Å². The Morgan fingerprint density at radius 3 is 1.65 bits per heavy atom. The van der Waals surface area contributed by atoms with Crippen molar-refractivity contribution in [1.82, 2.24) is 49.9 Å². The number of nitrogens with zero attached hydrogens (tertiary/aromatic N) is 9. The number of benzene rings is 2. The smallest absolute Gasteiger partial charge is 0.342 e. The number of carbonyl (C=O) groups excluding carboxylic acids is 1. The molecule has 8 rings (SSSR count). The lowest BCUT2D eigenvalue weighted by Gasteiger charge is -2.24. The molecule has 0 unspecified atom stereocenters. The molecule has 0 aliphatic rings. The first-order valence-corrected chi connectivity index (χ1v) is 26.8. The SMILES string of the molecule is COC(=O)C(C)(C)COc1ccc(-c2ccc(-c3nc(Oc4cccc(C)n4)n(COCCS(C)(C)C)n3)cc2)cn1.Cc1cccc(Oc2n[nH]c(-c3ccc(-c4ccc(OCC(C)(C)C(=O)O)nc4)cc3)n2)n1. The van der Waals surface area contributed by atoms with E-state index in [0.29, 0.717) is 47.8 Å². The van der Waals surface area contributed by atoms with E-state index in [9.17, 15) is 14.7 Å². The highest BCUT2D eigenvalue weighted by molar-refractivity contribution is 8.32. The fraction of sp³-hybridized carbons (Fsp3) is 0.309. The summed E-state index contributed by atoms with van der Waals surface area (Å²) >= 11 is 0. The quantitative estimate of drug-likeness (QED) is 0.0503. The van der Waals surface area contributed by atoms with E-state index in [2.05, 4.69) is 64.0 Å². The van der Waals surface area contributed by atoms with E-state index in [1.165, 1.54) is 7.11 Å². The highest BCUT2D eigenvalue weighted by atomic mass is 32.3. The maximum absolute atomic E-state index is 11.9. The number of pyridine rings is 4. The number of esters is 1. The molecule has 0 radical (unpaired) electrons. The summed E-state index contributed by atoms with van der Waals surface area (Å²) in [6.45, 7) is 11.6. The minimum Gasteiger partial charge on any atom is -0.481 e. The van der Waals surface area contributed by atoms with E-state index in [0.717, 1.165) is 50.5 Å². The molecule has 6 aromatic heterocycles. The Kier molecular flexibility index (Phi) is 17.6. The predicted molar refractivity (Wildman–Crippen MR) is 286 cm³/mol. The van der Waals surface area contributed by atoms with Crippen molar-refractivity contribution in [3.8, 4) is 80.6 Å². The van der Waals surface area contributed by atoms with Gasteiger partial charge in [-0.1, -0.05) is 60.7 Å². The number of rotatable bonds is 21. The van der Waals surface area contributed by atoms with E-state index in [-0.39, 0.29) is 31.9 Å². The van der Waals surface area contributed by atoms with Crippen molar-refractivity contribution in [3.05, 3.63) is 133 Å². The zero-order chi connectivity index (χ0) is 53.8. The number of carbonyl (C=O) groups is 2. The Bertz CT molecular complexity index is 3160. The van der Waals surface area contributed by atoms with Gasteiger partial charge < -0.3 is 33.5 Å². The molecule has 0 saturated heterocycles. The van der Waals surface area contributed by atoms with Crippen molar-refractivity contribution in [2.45, 2.75) is 48.3 Å².